The van der Waals surface area contributed by atoms with E-state index in [0.717, 1.165) is 12.4 Å². The van der Waals surface area contributed by atoms with Gasteiger partial charge in [-0.05, 0) is 13.0 Å². The number of anilines is 1. The average molecular weight is 325 g/mol. The summed E-state index contributed by atoms with van der Waals surface area (Å²) >= 11 is 0. The summed E-state index contributed by atoms with van der Waals surface area (Å²) in [7, 11) is 0. The molecular weight excluding hydrogens is 315 g/mol. The van der Waals surface area contributed by atoms with Crippen LogP contribution in [0.5, 0.6) is 0 Å². The molecule has 0 unspecified atom stereocenters. The molecule has 0 atom stereocenters. The quantitative estimate of drug-likeness (QED) is 0.746. The van der Waals surface area contributed by atoms with Crippen LogP contribution in [0.25, 0.3) is 21.9 Å². The van der Waals surface area contributed by atoms with Gasteiger partial charge >= 0.3 is 12.1 Å². The number of carboxylic acids is 1. The number of nitrogen functional groups attached to an aromatic ring is 1. The second-order valence-electron chi connectivity index (χ2n) is 4.92. The van der Waals surface area contributed by atoms with Gasteiger partial charge in [-0.3, -0.25) is 4.79 Å². The molecule has 0 saturated carbocycles. The van der Waals surface area contributed by atoms with Crippen molar-refractivity contribution in [2.45, 2.75) is 19.6 Å². The van der Waals surface area contributed by atoms with Crippen molar-refractivity contribution in [3.8, 4) is 0 Å². The van der Waals surface area contributed by atoms with Crippen molar-refractivity contribution < 1.29 is 23.1 Å². The van der Waals surface area contributed by atoms with Crippen LogP contribution in [0.3, 0.4) is 0 Å². The van der Waals surface area contributed by atoms with Crippen LogP contribution < -0.4 is 5.73 Å². The molecule has 7 nitrogen and oxygen atoms in total. The van der Waals surface area contributed by atoms with E-state index in [2.05, 4.69) is 15.0 Å². The van der Waals surface area contributed by atoms with Gasteiger partial charge in [0.05, 0.1) is 16.6 Å². The van der Waals surface area contributed by atoms with Crippen LogP contribution in [0.15, 0.2) is 12.4 Å². The third kappa shape index (κ3) is 2.31. The van der Waals surface area contributed by atoms with Crippen molar-refractivity contribution in [2.75, 3.05) is 5.73 Å². The van der Waals surface area contributed by atoms with Crippen molar-refractivity contribution >= 4 is 33.7 Å². The molecule has 0 aromatic carbocycles. The van der Waals surface area contributed by atoms with E-state index >= 15 is 0 Å². The number of aliphatic carboxylic acids is 1. The third-order valence-electron chi connectivity index (χ3n) is 3.40. The molecule has 0 aliphatic heterocycles. The lowest BCUT2D eigenvalue weighted by atomic mass is 10.1. The van der Waals surface area contributed by atoms with E-state index in [0.29, 0.717) is 0 Å². The van der Waals surface area contributed by atoms with Gasteiger partial charge in [0.15, 0.2) is 0 Å². The lowest BCUT2D eigenvalue weighted by Gasteiger charge is -2.09. The van der Waals surface area contributed by atoms with Crippen LogP contribution in [-0.2, 0) is 17.5 Å². The van der Waals surface area contributed by atoms with E-state index in [-0.39, 0.29) is 33.4 Å². The number of pyridine rings is 1. The highest BCUT2D eigenvalue weighted by atomic mass is 19.4. The molecule has 0 aliphatic rings. The molecule has 0 spiro atoms. The van der Waals surface area contributed by atoms with Crippen LogP contribution in [0, 0.1) is 6.92 Å². The van der Waals surface area contributed by atoms with E-state index in [4.69, 9.17) is 10.8 Å². The van der Waals surface area contributed by atoms with E-state index in [1.165, 1.54) is 11.5 Å². The zero-order valence-electron chi connectivity index (χ0n) is 11.7. The number of nitrogens with zero attached hydrogens (tertiary/aromatic N) is 4. The van der Waals surface area contributed by atoms with Gasteiger partial charge in [-0.1, -0.05) is 0 Å². The Labute approximate surface area is 126 Å². The van der Waals surface area contributed by atoms with Crippen molar-refractivity contribution in [3.63, 3.8) is 0 Å². The summed E-state index contributed by atoms with van der Waals surface area (Å²) in [5, 5.41) is 9.36. The Hall–Kier alpha value is -2.91. The Morgan fingerprint density at radius 2 is 2.09 bits per heavy atom. The van der Waals surface area contributed by atoms with Gasteiger partial charge in [-0.15, -0.1) is 0 Å². The van der Waals surface area contributed by atoms with Gasteiger partial charge < -0.3 is 15.4 Å². The number of alkyl halides is 3. The largest absolute Gasteiger partial charge is 0.480 e. The molecule has 0 saturated heterocycles. The van der Waals surface area contributed by atoms with Gasteiger partial charge in [0, 0.05) is 5.39 Å². The summed E-state index contributed by atoms with van der Waals surface area (Å²) in [6, 6.07) is 0.836. The Balaban J connectivity index is 2.51. The smallest absolute Gasteiger partial charge is 0.433 e. The number of carbonyl (C=O) groups is 1. The number of aryl methyl sites for hydroxylation is 1. The number of hydrogen-bond donors (Lipinski definition) is 2. The number of nitrogens with two attached hydrogens (primary N) is 1. The normalized spacial score (nSPS) is 12.2. The van der Waals surface area contributed by atoms with E-state index in [9.17, 15) is 18.0 Å². The summed E-state index contributed by atoms with van der Waals surface area (Å²) in [5.74, 6) is -1.19. The number of rotatable bonds is 2. The maximum Gasteiger partial charge on any atom is 0.433 e. The summed E-state index contributed by atoms with van der Waals surface area (Å²) in [5.41, 5.74) is 5.11. The van der Waals surface area contributed by atoms with Crippen LogP contribution >= 0.6 is 0 Å². The maximum atomic E-state index is 13.0. The molecule has 3 heterocycles. The molecule has 3 aromatic rings. The lowest BCUT2D eigenvalue weighted by molar-refractivity contribution is -0.141. The second kappa shape index (κ2) is 4.80. The highest BCUT2D eigenvalue weighted by Crippen LogP contribution is 2.36. The molecular formula is C13H10F3N5O2. The monoisotopic (exact) mass is 325 g/mol. The molecule has 0 bridgehead atoms. The fourth-order valence-electron chi connectivity index (χ4n) is 2.59. The first kappa shape index (κ1) is 15.0. The van der Waals surface area contributed by atoms with Crippen LogP contribution in [-0.4, -0.2) is 30.6 Å². The van der Waals surface area contributed by atoms with Crippen LogP contribution in [0.4, 0.5) is 19.0 Å². The van der Waals surface area contributed by atoms with Crippen molar-refractivity contribution in [2.24, 2.45) is 0 Å². The predicted molar refractivity (Wildman–Crippen MR) is 74.6 cm³/mol. The van der Waals surface area contributed by atoms with E-state index in [1.807, 2.05) is 0 Å². The van der Waals surface area contributed by atoms with Gasteiger partial charge in [-0.25, -0.2) is 15.0 Å². The summed E-state index contributed by atoms with van der Waals surface area (Å²) in [4.78, 5) is 22.4. The van der Waals surface area contributed by atoms with E-state index < -0.39 is 24.4 Å². The molecule has 3 aromatic heterocycles. The van der Waals surface area contributed by atoms with Crippen molar-refractivity contribution in [1.82, 2.24) is 19.5 Å². The molecule has 0 amide bonds. The van der Waals surface area contributed by atoms with Crippen molar-refractivity contribution in [3.05, 3.63) is 23.8 Å². The first-order chi connectivity index (χ1) is 10.7. The standard InChI is InChI=1S/C13H10F3N5O2/c1-5-10-6(2-7(20-5)13(14,15)16)9-11(17)18-4-19-12(9)21(10)3-8(22)23/h2,4H,3H2,1H3,(H,22,23)(H2,17,18,19). The molecule has 3 rings (SSSR count). The summed E-state index contributed by atoms with van der Waals surface area (Å²) in [6.45, 7) is 0.892. The van der Waals surface area contributed by atoms with Crippen LogP contribution in [0.1, 0.15) is 11.4 Å². The lowest BCUT2D eigenvalue weighted by Crippen LogP contribution is -2.12. The maximum absolute atomic E-state index is 13.0. The zero-order chi connectivity index (χ0) is 16.9. The first-order valence-corrected chi connectivity index (χ1v) is 6.39. The van der Waals surface area contributed by atoms with Gasteiger partial charge in [0.2, 0.25) is 0 Å². The molecule has 0 fully saturated rings. The predicted octanol–water partition coefficient (Wildman–Crippen LogP) is 1.97. The fourth-order valence-corrected chi connectivity index (χ4v) is 2.59. The minimum atomic E-state index is -4.63. The second-order valence-corrected chi connectivity index (χ2v) is 4.92. The summed E-state index contributed by atoms with van der Waals surface area (Å²) < 4.78 is 40.2. The molecule has 120 valence electrons. The first-order valence-electron chi connectivity index (χ1n) is 6.39. The average Bonchev–Trinajstić information content (AvgIpc) is 2.73. The number of fused-ring (bicyclic) bond motifs is 3. The topological polar surface area (TPSA) is 107 Å². The fraction of sp³-hybridized carbons (Fsp3) is 0.231. The third-order valence-corrected chi connectivity index (χ3v) is 3.40. The Morgan fingerprint density at radius 1 is 1.39 bits per heavy atom. The molecule has 10 heteroatoms. The Morgan fingerprint density at radius 3 is 2.70 bits per heavy atom. The van der Waals surface area contributed by atoms with Crippen LogP contribution in [0.2, 0.25) is 0 Å². The highest BCUT2D eigenvalue weighted by molar-refractivity contribution is 6.12. The SMILES string of the molecule is Cc1nc(C(F)(F)F)cc2c3c(N)ncnc3n(CC(=O)O)c12. The molecule has 0 radical (unpaired) electrons. The molecule has 3 N–H and O–H groups in total. The number of halogens is 3. The number of aromatic nitrogens is 4. The Bertz CT molecular complexity index is 948. The Kier molecular flexibility index (Phi) is 3.13. The highest BCUT2D eigenvalue weighted by Gasteiger charge is 2.34. The number of hydrogen-bond acceptors (Lipinski definition) is 5. The number of carboxylic acid groups (broad SMARTS) is 1. The summed E-state index contributed by atoms with van der Waals surface area (Å²) in [6.07, 6.45) is -3.51. The molecule has 23 heavy (non-hydrogen) atoms. The van der Waals surface area contributed by atoms with E-state index in [1.54, 1.807) is 0 Å². The van der Waals surface area contributed by atoms with Gasteiger partial charge in [0.1, 0.15) is 30.0 Å². The van der Waals surface area contributed by atoms with Crippen molar-refractivity contribution in [1.29, 1.82) is 0 Å². The minimum Gasteiger partial charge on any atom is -0.480 e. The zero-order valence-corrected chi connectivity index (χ0v) is 11.7. The molecule has 0 aliphatic carbocycles. The van der Waals surface area contributed by atoms with Gasteiger partial charge in [0.25, 0.3) is 0 Å². The van der Waals surface area contributed by atoms with Gasteiger partial charge in [-0.2, -0.15) is 13.2 Å². The minimum absolute atomic E-state index is 0.0251.